The number of ether oxygens (including phenoxy) is 2. The number of hydrogen-bond donors (Lipinski definition) is 0. The van der Waals surface area contributed by atoms with Crippen LogP contribution in [0.15, 0.2) is 18.2 Å². The van der Waals surface area contributed by atoms with Gasteiger partial charge in [-0.25, -0.2) is 0 Å². The molecule has 2 aliphatic rings. The number of nitro groups is 1. The maximum absolute atomic E-state index is 12.6. The zero-order valence-electron chi connectivity index (χ0n) is 15.1. The molecule has 26 heavy (non-hydrogen) atoms. The van der Waals surface area contributed by atoms with E-state index in [0.717, 1.165) is 25.9 Å². The molecular weight excluding hydrogens is 338 g/mol. The van der Waals surface area contributed by atoms with Crippen molar-refractivity contribution in [2.75, 3.05) is 51.4 Å². The number of carbonyl (C=O) groups excluding carboxylic acids is 1. The third-order valence-corrected chi connectivity index (χ3v) is 4.88. The average Bonchev–Trinajstić information content (AvgIpc) is 2.68. The summed E-state index contributed by atoms with van der Waals surface area (Å²) in [5.74, 6) is -0.193. The van der Waals surface area contributed by atoms with Crippen molar-refractivity contribution in [1.82, 2.24) is 4.90 Å². The second-order valence-electron chi connectivity index (χ2n) is 6.73. The van der Waals surface area contributed by atoms with Gasteiger partial charge in [0.25, 0.3) is 11.6 Å². The van der Waals surface area contributed by atoms with Gasteiger partial charge in [-0.1, -0.05) is 0 Å². The molecule has 142 valence electrons. The Hall–Kier alpha value is -2.19. The van der Waals surface area contributed by atoms with Crippen molar-refractivity contribution in [2.45, 2.75) is 25.4 Å². The number of benzene rings is 1. The molecule has 2 saturated heterocycles. The minimum absolute atomic E-state index is 0.0533. The highest BCUT2D eigenvalue weighted by Crippen LogP contribution is 2.30. The van der Waals surface area contributed by atoms with Crippen LogP contribution in [0.3, 0.4) is 0 Å². The van der Waals surface area contributed by atoms with E-state index < -0.39 is 4.92 Å². The number of amides is 1. The van der Waals surface area contributed by atoms with Gasteiger partial charge in [-0.2, -0.15) is 0 Å². The minimum atomic E-state index is -0.427. The number of carbonyl (C=O) groups is 1. The fraction of sp³-hybridized carbons (Fsp3) is 0.611. The largest absolute Gasteiger partial charge is 0.378 e. The molecule has 0 spiro atoms. The van der Waals surface area contributed by atoms with E-state index in [0.29, 0.717) is 44.1 Å². The zero-order chi connectivity index (χ0) is 18.5. The normalized spacial score (nSPS) is 20.7. The fourth-order valence-corrected chi connectivity index (χ4v) is 3.43. The molecule has 1 amide bonds. The predicted molar refractivity (Wildman–Crippen MR) is 96.7 cm³/mol. The molecule has 8 nitrogen and oxygen atoms in total. The summed E-state index contributed by atoms with van der Waals surface area (Å²) in [7, 11) is 1.82. The van der Waals surface area contributed by atoms with Crippen LogP contribution < -0.4 is 4.90 Å². The first-order chi connectivity index (χ1) is 12.6. The van der Waals surface area contributed by atoms with Gasteiger partial charge in [0.1, 0.15) is 5.69 Å². The highest BCUT2D eigenvalue weighted by atomic mass is 16.6. The highest BCUT2D eigenvalue weighted by molar-refractivity contribution is 5.95. The maximum Gasteiger partial charge on any atom is 0.293 e. The standard InChI is InChI=1S/C18H25N3O5/c1-19(13-15-4-2-3-9-26-15)16-6-5-14(12-17(16)21(23)24)18(22)20-7-10-25-11-8-20/h5-6,12,15H,2-4,7-11,13H2,1H3. The molecule has 0 bridgehead atoms. The van der Waals surface area contributed by atoms with E-state index in [1.807, 2.05) is 11.9 Å². The van der Waals surface area contributed by atoms with Crippen LogP contribution in [0, 0.1) is 10.1 Å². The van der Waals surface area contributed by atoms with E-state index in [4.69, 9.17) is 9.47 Å². The molecule has 2 fully saturated rings. The average molecular weight is 363 g/mol. The Morgan fingerprint density at radius 2 is 2.08 bits per heavy atom. The Balaban J connectivity index is 1.77. The van der Waals surface area contributed by atoms with Crippen LogP contribution in [0.1, 0.15) is 29.6 Å². The monoisotopic (exact) mass is 363 g/mol. The van der Waals surface area contributed by atoms with Crippen LogP contribution >= 0.6 is 0 Å². The second-order valence-corrected chi connectivity index (χ2v) is 6.73. The molecule has 0 N–H and O–H groups in total. The lowest BCUT2D eigenvalue weighted by molar-refractivity contribution is -0.384. The molecule has 1 aromatic carbocycles. The Morgan fingerprint density at radius 1 is 1.31 bits per heavy atom. The van der Waals surface area contributed by atoms with E-state index in [9.17, 15) is 14.9 Å². The number of morpholine rings is 1. The molecule has 8 heteroatoms. The quantitative estimate of drug-likeness (QED) is 0.588. The fourth-order valence-electron chi connectivity index (χ4n) is 3.43. The Labute approximate surface area is 152 Å². The number of likely N-dealkylation sites (N-methyl/N-ethyl adjacent to an activating group) is 1. The molecule has 1 aromatic rings. The van der Waals surface area contributed by atoms with Crippen molar-refractivity contribution in [3.8, 4) is 0 Å². The summed E-state index contributed by atoms with van der Waals surface area (Å²) in [5.41, 5.74) is 0.787. The van der Waals surface area contributed by atoms with Crippen LogP contribution in [0.5, 0.6) is 0 Å². The van der Waals surface area contributed by atoms with Gasteiger partial charge in [0.05, 0.1) is 24.2 Å². The molecular formula is C18H25N3O5. The summed E-state index contributed by atoms with van der Waals surface area (Å²) >= 11 is 0. The zero-order valence-corrected chi connectivity index (χ0v) is 15.1. The molecule has 0 radical (unpaired) electrons. The maximum atomic E-state index is 12.6. The molecule has 2 aliphatic heterocycles. The summed E-state index contributed by atoms with van der Waals surface area (Å²) in [6.45, 7) is 3.35. The van der Waals surface area contributed by atoms with Crippen molar-refractivity contribution in [1.29, 1.82) is 0 Å². The lowest BCUT2D eigenvalue weighted by atomic mass is 10.1. The molecule has 2 heterocycles. The van der Waals surface area contributed by atoms with Gasteiger partial charge >= 0.3 is 0 Å². The van der Waals surface area contributed by atoms with Gasteiger partial charge in [0.15, 0.2) is 0 Å². The first kappa shape index (κ1) is 18.6. The molecule has 0 aromatic heterocycles. The highest BCUT2D eigenvalue weighted by Gasteiger charge is 2.25. The van der Waals surface area contributed by atoms with Gasteiger partial charge in [0, 0.05) is 44.9 Å². The second kappa shape index (κ2) is 8.46. The molecule has 3 rings (SSSR count). The Kier molecular flexibility index (Phi) is 6.05. The van der Waals surface area contributed by atoms with Crippen LogP contribution in [-0.2, 0) is 9.47 Å². The number of nitrogens with zero attached hydrogens (tertiary/aromatic N) is 3. The van der Waals surface area contributed by atoms with Crippen LogP contribution in [0.25, 0.3) is 0 Å². The van der Waals surface area contributed by atoms with E-state index in [1.165, 1.54) is 6.07 Å². The number of rotatable bonds is 5. The lowest BCUT2D eigenvalue weighted by Gasteiger charge is -2.29. The lowest BCUT2D eigenvalue weighted by Crippen LogP contribution is -2.40. The minimum Gasteiger partial charge on any atom is -0.378 e. The van der Waals surface area contributed by atoms with Crippen LogP contribution in [0.4, 0.5) is 11.4 Å². The van der Waals surface area contributed by atoms with Crippen molar-refractivity contribution in [2.24, 2.45) is 0 Å². The first-order valence-corrected chi connectivity index (χ1v) is 9.04. The van der Waals surface area contributed by atoms with Gasteiger partial charge in [-0.15, -0.1) is 0 Å². The first-order valence-electron chi connectivity index (χ1n) is 9.04. The summed E-state index contributed by atoms with van der Waals surface area (Å²) in [6.07, 6.45) is 3.24. The molecule has 1 atom stereocenters. The van der Waals surface area contributed by atoms with Gasteiger partial charge in [0.2, 0.25) is 0 Å². The number of anilines is 1. The smallest absolute Gasteiger partial charge is 0.293 e. The predicted octanol–water partition coefficient (Wildman–Crippen LogP) is 2.07. The number of nitro benzene ring substituents is 1. The van der Waals surface area contributed by atoms with Crippen molar-refractivity contribution < 1.29 is 19.2 Å². The Bertz CT molecular complexity index is 654. The molecule has 0 aliphatic carbocycles. The third kappa shape index (κ3) is 4.31. The summed E-state index contributed by atoms with van der Waals surface area (Å²) in [5, 5.41) is 11.6. The van der Waals surface area contributed by atoms with Crippen molar-refractivity contribution in [3.05, 3.63) is 33.9 Å². The molecule has 0 saturated carbocycles. The van der Waals surface area contributed by atoms with E-state index in [-0.39, 0.29) is 17.7 Å². The van der Waals surface area contributed by atoms with Gasteiger partial charge < -0.3 is 19.3 Å². The topological polar surface area (TPSA) is 85.2 Å². The van der Waals surface area contributed by atoms with E-state index >= 15 is 0 Å². The third-order valence-electron chi connectivity index (χ3n) is 4.88. The SMILES string of the molecule is CN(CC1CCCCO1)c1ccc(C(=O)N2CCOCC2)cc1[N+](=O)[O-]. The number of hydrogen-bond acceptors (Lipinski definition) is 6. The van der Waals surface area contributed by atoms with E-state index in [2.05, 4.69) is 0 Å². The van der Waals surface area contributed by atoms with Crippen LogP contribution in [0.2, 0.25) is 0 Å². The summed E-state index contributed by atoms with van der Waals surface area (Å²) in [4.78, 5) is 27.2. The van der Waals surface area contributed by atoms with E-state index in [1.54, 1.807) is 17.0 Å². The van der Waals surface area contributed by atoms with Gasteiger partial charge in [-0.3, -0.25) is 14.9 Å². The van der Waals surface area contributed by atoms with Crippen molar-refractivity contribution >= 4 is 17.3 Å². The Morgan fingerprint density at radius 3 is 2.73 bits per heavy atom. The van der Waals surface area contributed by atoms with Crippen LogP contribution in [-0.4, -0.2) is 68.3 Å². The van der Waals surface area contributed by atoms with Gasteiger partial charge in [-0.05, 0) is 31.4 Å². The van der Waals surface area contributed by atoms with Crippen molar-refractivity contribution in [3.63, 3.8) is 0 Å². The molecule has 1 unspecified atom stereocenters. The summed E-state index contributed by atoms with van der Waals surface area (Å²) in [6, 6.07) is 4.71. The summed E-state index contributed by atoms with van der Waals surface area (Å²) < 4.78 is 11.0.